The summed E-state index contributed by atoms with van der Waals surface area (Å²) >= 11 is 0. The van der Waals surface area contributed by atoms with E-state index >= 15 is 0 Å². The molecule has 8 saturated carbocycles. The molecule has 12 aliphatic rings. The number of hydrogen-bond acceptors (Lipinski definition) is 8. The molecule has 60 heavy (non-hydrogen) atoms. The number of pyridine rings is 2. The smallest absolute Gasteiger partial charge is 0.231 e. The van der Waals surface area contributed by atoms with Crippen LogP contribution in [-0.4, -0.2) is 104 Å². The van der Waals surface area contributed by atoms with Gasteiger partial charge in [0.25, 0.3) is 0 Å². The lowest BCUT2D eigenvalue weighted by Gasteiger charge is -2.61. The molecule has 0 radical (unpaired) electrons. The maximum Gasteiger partial charge on any atom is 0.231 e. The number of hydrogen-bond donors (Lipinski definition) is 2. The quantitative estimate of drug-likeness (QED) is 0.349. The molecule has 0 aromatic carbocycles. The molecule has 8 bridgehead atoms. The monoisotopic (exact) mass is 834 g/mol. The van der Waals surface area contributed by atoms with Gasteiger partial charge in [0.1, 0.15) is 11.6 Å². The largest absolute Gasteiger partial charge is 0.393 e. The lowest BCUT2D eigenvalue weighted by Crippen LogP contribution is -2.65. The third-order valence-electron chi connectivity index (χ3n) is 17.9. The highest BCUT2D eigenvalue weighted by molar-refractivity contribution is 5.87. The Labute approximate surface area is 349 Å². The number of likely N-dealkylation sites (tertiary alicyclic amines) is 2. The van der Waals surface area contributed by atoms with Gasteiger partial charge in [0.05, 0.1) is 35.4 Å². The van der Waals surface area contributed by atoms with E-state index in [4.69, 9.17) is 0 Å². The first-order valence-electron chi connectivity index (χ1n) is 22.9. The minimum atomic E-state index is -0.685. The van der Waals surface area contributed by atoms with Crippen LogP contribution >= 0.6 is 0 Å². The van der Waals surface area contributed by atoms with Crippen molar-refractivity contribution in [3.8, 4) is 0 Å². The lowest BCUT2D eigenvalue weighted by molar-refractivity contribution is -0.168. The van der Waals surface area contributed by atoms with Crippen LogP contribution in [0.25, 0.3) is 0 Å². The Bertz CT molecular complexity index is 1900. The van der Waals surface area contributed by atoms with Crippen molar-refractivity contribution >= 4 is 23.5 Å². The molecule has 4 unspecified atom stereocenters. The summed E-state index contributed by atoms with van der Waals surface area (Å²) in [6, 6.07) is 1.74. The number of halogens is 4. The van der Waals surface area contributed by atoms with Crippen molar-refractivity contribution < 1.29 is 37.4 Å². The zero-order valence-corrected chi connectivity index (χ0v) is 34.4. The second-order valence-electron chi connectivity index (χ2n) is 21.3. The van der Waals surface area contributed by atoms with Gasteiger partial charge in [-0.2, -0.15) is 0 Å². The van der Waals surface area contributed by atoms with Crippen molar-refractivity contribution in [1.82, 2.24) is 19.8 Å². The zero-order valence-electron chi connectivity index (χ0n) is 34.4. The molecular formula is C46H58F4N6O4. The second kappa shape index (κ2) is 14.0. The molecule has 14 heteroatoms. The first-order valence-corrected chi connectivity index (χ1v) is 22.9. The van der Waals surface area contributed by atoms with Crippen LogP contribution in [0.15, 0.2) is 24.5 Å². The predicted molar refractivity (Wildman–Crippen MR) is 213 cm³/mol. The molecule has 10 nitrogen and oxygen atoms in total. The molecule has 2 aromatic heterocycles. The van der Waals surface area contributed by atoms with Gasteiger partial charge in [-0.3, -0.25) is 9.59 Å². The van der Waals surface area contributed by atoms with Gasteiger partial charge in [-0.25, -0.2) is 27.5 Å². The van der Waals surface area contributed by atoms with Crippen LogP contribution in [-0.2, 0) is 9.59 Å². The summed E-state index contributed by atoms with van der Waals surface area (Å²) in [5.41, 5.74) is -1.17. The Hall–Kier alpha value is -3.52. The molecule has 8 aliphatic carbocycles. The summed E-state index contributed by atoms with van der Waals surface area (Å²) < 4.78 is 55.3. The van der Waals surface area contributed by atoms with Crippen LogP contribution in [0.4, 0.5) is 29.2 Å². The number of aliphatic hydroxyl groups excluding tert-OH is 2. The van der Waals surface area contributed by atoms with Crippen LogP contribution < -0.4 is 9.80 Å². The lowest BCUT2D eigenvalue weighted by atomic mass is 9.51. The Morgan fingerprint density at radius 3 is 1.30 bits per heavy atom. The van der Waals surface area contributed by atoms with E-state index < -0.39 is 34.1 Å². The standard InChI is InChI=1S/2C23H29F2N3O2/c2*24-17-8-18(25)20(26-12-17)27-4-1-2-22(13-27)3-5-28(21(22)30)23-9-14-6-15(10-23)19(29)16(7-14)11-23/h2*8,12,14-16,19,29H,1-7,9-11,13H2/t2*14?,15?,16?,19?,22-,23?/m11/s1. The van der Waals surface area contributed by atoms with E-state index in [0.717, 1.165) is 140 Å². The van der Waals surface area contributed by atoms with Gasteiger partial charge in [-0.15, -0.1) is 0 Å². The van der Waals surface area contributed by atoms with Crippen LogP contribution in [0.1, 0.15) is 103 Å². The van der Waals surface area contributed by atoms with Crippen molar-refractivity contribution in [2.45, 2.75) is 126 Å². The van der Waals surface area contributed by atoms with E-state index in [2.05, 4.69) is 19.8 Å². The molecule has 14 rings (SSSR count). The fraction of sp³-hybridized carbons (Fsp3) is 0.739. The minimum absolute atomic E-state index is 0.0854. The molecule has 6 atom stereocenters. The summed E-state index contributed by atoms with van der Waals surface area (Å²) in [5.74, 6) is 0.644. The SMILES string of the molecule is O=C1N(C23CC4CC(C2)C(O)C(C4)C3)CC[C@@]12CCCN(c1ncc(F)cc1F)C2.O=C1N(C23CC4CC(C2)C(O)C(C4)C3)CC[C@@]12CCCN(c1ncc(F)cc1F)C2. The summed E-state index contributed by atoms with van der Waals surface area (Å²) in [4.78, 5) is 43.7. The molecule has 4 aliphatic heterocycles. The highest BCUT2D eigenvalue weighted by atomic mass is 19.1. The number of aromatic nitrogens is 2. The second-order valence-corrected chi connectivity index (χ2v) is 21.3. The Morgan fingerprint density at radius 1 is 0.550 bits per heavy atom. The average molecular weight is 835 g/mol. The zero-order chi connectivity index (χ0) is 41.3. The number of carbonyl (C=O) groups is 2. The van der Waals surface area contributed by atoms with E-state index in [-0.39, 0.29) is 46.7 Å². The van der Waals surface area contributed by atoms with Crippen molar-refractivity contribution in [2.24, 2.45) is 46.3 Å². The molecule has 2 spiro atoms. The van der Waals surface area contributed by atoms with Gasteiger partial charge in [0.15, 0.2) is 23.3 Å². The molecular weight excluding hydrogens is 777 g/mol. The Balaban J connectivity index is 0.000000136. The van der Waals surface area contributed by atoms with Crippen molar-refractivity contribution in [1.29, 1.82) is 0 Å². The van der Waals surface area contributed by atoms with Gasteiger partial charge in [0, 0.05) is 62.5 Å². The predicted octanol–water partition coefficient (Wildman–Crippen LogP) is 6.24. The summed E-state index contributed by atoms with van der Waals surface area (Å²) in [6.45, 7) is 3.69. The van der Waals surface area contributed by atoms with Crippen molar-refractivity contribution in [3.05, 3.63) is 47.8 Å². The first-order chi connectivity index (χ1) is 28.8. The average Bonchev–Trinajstić information content (AvgIpc) is 3.70. The Morgan fingerprint density at radius 2 is 0.933 bits per heavy atom. The molecule has 6 heterocycles. The number of piperidine rings is 2. The third-order valence-corrected chi connectivity index (χ3v) is 17.9. The maximum absolute atomic E-state index is 14.4. The number of aliphatic hydroxyl groups is 2. The van der Waals surface area contributed by atoms with E-state index in [9.17, 15) is 37.4 Å². The van der Waals surface area contributed by atoms with Crippen molar-refractivity contribution in [3.63, 3.8) is 0 Å². The van der Waals surface area contributed by atoms with Gasteiger partial charge < -0.3 is 29.8 Å². The number of carbonyl (C=O) groups excluding carboxylic acids is 2. The number of rotatable bonds is 4. The van der Waals surface area contributed by atoms with Gasteiger partial charge in [-0.05, 0) is 138 Å². The molecule has 12 fully saturated rings. The van der Waals surface area contributed by atoms with Gasteiger partial charge in [-0.1, -0.05) is 0 Å². The normalized spacial score (nSPS) is 42.6. The summed E-state index contributed by atoms with van der Waals surface area (Å²) in [6.07, 6.45) is 16.8. The minimum Gasteiger partial charge on any atom is -0.393 e. The van der Waals surface area contributed by atoms with Crippen LogP contribution in [0, 0.1) is 69.6 Å². The van der Waals surface area contributed by atoms with E-state index in [1.165, 1.54) is 0 Å². The summed E-state index contributed by atoms with van der Waals surface area (Å²) in [7, 11) is 0. The van der Waals surface area contributed by atoms with Gasteiger partial charge >= 0.3 is 0 Å². The topological polar surface area (TPSA) is 113 Å². The van der Waals surface area contributed by atoms with Crippen molar-refractivity contribution in [2.75, 3.05) is 49.1 Å². The molecule has 2 amide bonds. The van der Waals surface area contributed by atoms with E-state index in [1.807, 2.05) is 9.80 Å². The van der Waals surface area contributed by atoms with E-state index in [1.54, 1.807) is 0 Å². The highest BCUT2D eigenvalue weighted by Crippen LogP contribution is 2.61. The summed E-state index contributed by atoms with van der Waals surface area (Å²) in [5, 5.41) is 21.2. The molecule has 324 valence electrons. The number of amides is 2. The first kappa shape index (κ1) is 39.3. The van der Waals surface area contributed by atoms with Crippen LogP contribution in [0.5, 0.6) is 0 Å². The fourth-order valence-corrected chi connectivity index (χ4v) is 15.8. The number of nitrogens with zero attached hydrogens (tertiary/aromatic N) is 6. The fourth-order valence-electron chi connectivity index (χ4n) is 15.8. The van der Waals surface area contributed by atoms with E-state index in [0.29, 0.717) is 61.7 Å². The number of anilines is 2. The molecule has 4 saturated heterocycles. The third kappa shape index (κ3) is 6.05. The van der Waals surface area contributed by atoms with Crippen LogP contribution in [0.2, 0.25) is 0 Å². The maximum atomic E-state index is 14.4. The highest BCUT2D eigenvalue weighted by Gasteiger charge is 2.64. The Kier molecular flexibility index (Phi) is 9.17. The molecule has 2 aromatic rings. The molecule has 2 N–H and O–H groups in total. The van der Waals surface area contributed by atoms with Gasteiger partial charge in [0.2, 0.25) is 11.8 Å². The van der Waals surface area contributed by atoms with Crippen LogP contribution in [0.3, 0.4) is 0 Å².